The van der Waals surface area contributed by atoms with Crippen LogP contribution in [0.15, 0.2) is 40.9 Å². The molecule has 0 fully saturated rings. The highest BCUT2D eigenvalue weighted by atomic mass is 79.9. The van der Waals surface area contributed by atoms with Gasteiger partial charge in [0.15, 0.2) is 0 Å². The Hall–Kier alpha value is -1.85. The topological polar surface area (TPSA) is 49.4 Å². The van der Waals surface area contributed by atoms with Gasteiger partial charge in [-0.25, -0.2) is 0 Å². The number of anilines is 1. The zero-order valence-electron chi connectivity index (χ0n) is 14.4. The quantitative estimate of drug-likeness (QED) is 0.733. The van der Waals surface area contributed by atoms with E-state index in [1.807, 2.05) is 38.1 Å². The molecule has 25 heavy (non-hydrogen) atoms. The van der Waals surface area contributed by atoms with Crippen molar-refractivity contribution in [1.29, 1.82) is 0 Å². The second-order valence-corrected chi connectivity index (χ2v) is 7.00. The minimum absolute atomic E-state index is 0.0907. The van der Waals surface area contributed by atoms with Gasteiger partial charge >= 0.3 is 0 Å². The lowest BCUT2D eigenvalue weighted by Gasteiger charge is -2.23. The van der Waals surface area contributed by atoms with Crippen LogP contribution in [0.25, 0.3) is 0 Å². The van der Waals surface area contributed by atoms with Gasteiger partial charge in [-0.3, -0.25) is 9.59 Å². The molecule has 0 saturated heterocycles. The molecule has 0 aliphatic heterocycles. The zero-order chi connectivity index (χ0) is 18.6. The Bertz CT molecular complexity index is 808. The molecule has 132 valence electrons. The Balaban J connectivity index is 2.30. The maximum Gasteiger partial charge on any atom is 0.254 e. The number of hydrogen-bond donors (Lipinski definition) is 1. The summed E-state index contributed by atoms with van der Waals surface area (Å²) in [5.41, 5.74) is 2.85. The van der Waals surface area contributed by atoms with E-state index in [2.05, 4.69) is 21.2 Å². The van der Waals surface area contributed by atoms with Crippen LogP contribution in [0.1, 0.15) is 35.3 Å². The molecule has 0 atom stereocenters. The number of benzene rings is 2. The van der Waals surface area contributed by atoms with Gasteiger partial charge < -0.3 is 10.2 Å². The first-order valence-electron chi connectivity index (χ1n) is 7.93. The zero-order valence-corrected chi connectivity index (χ0v) is 16.7. The second kappa shape index (κ2) is 8.50. The van der Waals surface area contributed by atoms with Crippen LogP contribution in [0.2, 0.25) is 5.02 Å². The number of nitrogens with one attached hydrogen (secondary N) is 1. The number of halogens is 2. The van der Waals surface area contributed by atoms with E-state index >= 15 is 0 Å². The number of nitrogens with zero attached hydrogens (tertiary/aromatic N) is 1. The molecular formula is C19H20BrClN2O2. The molecule has 2 rings (SSSR count). The van der Waals surface area contributed by atoms with E-state index < -0.39 is 0 Å². The van der Waals surface area contributed by atoms with Gasteiger partial charge in [0.2, 0.25) is 5.91 Å². The Kier molecular flexibility index (Phi) is 6.62. The largest absolute Gasteiger partial charge is 0.335 e. The number of rotatable bonds is 5. The van der Waals surface area contributed by atoms with E-state index in [1.54, 1.807) is 17.0 Å². The highest BCUT2D eigenvalue weighted by molar-refractivity contribution is 9.10. The van der Waals surface area contributed by atoms with Crippen molar-refractivity contribution >= 4 is 45.0 Å². The van der Waals surface area contributed by atoms with Crippen molar-refractivity contribution in [3.8, 4) is 0 Å². The average Bonchev–Trinajstić information content (AvgIpc) is 2.56. The highest BCUT2D eigenvalue weighted by Gasteiger charge is 2.19. The summed E-state index contributed by atoms with van der Waals surface area (Å²) in [6, 6.07) is 11.2. The van der Waals surface area contributed by atoms with Crippen molar-refractivity contribution in [3.63, 3.8) is 0 Å². The molecule has 4 nitrogen and oxygen atoms in total. The van der Waals surface area contributed by atoms with E-state index in [9.17, 15) is 9.59 Å². The third-order valence-corrected chi connectivity index (χ3v) is 4.93. The van der Waals surface area contributed by atoms with Crippen LogP contribution >= 0.6 is 27.5 Å². The van der Waals surface area contributed by atoms with Gasteiger partial charge in [0, 0.05) is 30.0 Å². The van der Waals surface area contributed by atoms with Crippen molar-refractivity contribution in [2.45, 2.75) is 27.3 Å². The molecule has 0 unspecified atom stereocenters. The van der Waals surface area contributed by atoms with Gasteiger partial charge in [0.05, 0.1) is 10.7 Å². The summed E-state index contributed by atoms with van der Waals surface area (Å²) in [5.74, 6) is -0.295. The molecule has 0 spiro atoms. The molecule has 0 heterocycles. The molecule has 0 bridgehead atoms. The van der Waals surface area contributed by atoms with Crippen molar-refractivity contribution in [3.05, 3.63) is 62.6 Å². The molecule has 6 heteroatoms. The third kappa shape index (κ3) is 4.83. The van der Waals surface area contributed by atoms with Crippen molar-refractivity contribution in [1.82, 2.24) is 4.90 Å². The van der Waals surface area contributed by atoms with Gasteiger partial charge in [-0.15, -0.1) is 0 Å². The average molecular weight is 424 g/mol. The summed E-state index contributed by atoms with van der Waals surface area (Å²) < 4.78 is 0.969. The van der Waals surface area contributed by atoms with Crippen LogP contribution in [-0.4, -0.2) is 23.3 Å². The summed E-state index contributed by atoms with van der Waals surface area (Å²) in [7, 11) is 0. The number of hydrogen-bond acceptors (Lipinski definition) is 2. The molecule has 2 amide bonds. The lowest BCUT2D eigenvalue weighted by molar-refractivity contribution is -0.114. The van der Waals surface area contributed by atoms with E-state index in [1.165, 1.54) is 6.92 Å². The SMILES string of the molecule is CCN(Cc1ccccc1Br)C(=O)c1cc(Cl)c(NC(C)=O)cc1C. The molecular weight excluding hydrogens is 404 g/mol. The normalized spacial score (nSPS) is 10.4. The number of aryl methyl sites for hydroxylation is 1. The Morgan fingerprint density at radius 1 is 1.24 bits per heavy atom. The molecule has 0 aliphatic rings. The summed E-state index contributed by atoms with van der Waals surface area (Å²) in [5, 5.41) is 3.02. The van der Waals surface area contributed by atoms with Crippen LogP contribution in [0, 0.1) is 6.92 Å². The van der Waals surface area contributed by atoms with Crippen molar-refractivity contribution in [2.24, 2.45) is 0 Å². The molecule has 0 radical (unpaired) electrons. The Morgan fingerprint density at radius 2 is 1.92 bits per heavy atom. The number of carbonyl (C=O) groups excluding carboxylic acids is 2. The monoisotopic (exact) mass is 422 g/mol. The maximum atomic E-state index is 13.0. The van der Waals surface area contributed by atoms with Crippen LogP contribution in [-0.2, 0) is 11.3 Å². The van der Waals surface area contributed by atoms with Crippen LogP contribution in [0.4, 0.5) is 5.69 Å². The first-order valence-corrected chi connectivity index (χ1v) is 9.11. The molecule has 2 aromatic rings. The Morgan fingerprint density at radius 3 is 2.52 bits per heavy atom. The lowest BCUT2D eigenvalue weighted by Crippen LogP contribution is -2.31. The molecule has 0 saturated carbocycles. The third-order valence-electron chi connectivity index (χ3n) is 3.84. The smallest absolute Gasteiger partial charge is 0.254 e. The van der Waals surface area contributed by atoms with E-state index in [0.717, 1.165) is 15.6 Å². The first-order chi connectivity index (χ1) is 11.8. The van der Waals surface area contributed by atoms with Crippen molar-refractivity contribution in [2.75, 3.05) is 11.9 Å². The van der Waals surface area contributed by atoms with Crippen molar-refractivity contribution < 1.29 is 9.59 Å². The number of carbonyl (C=O) groups is 2. The lowest BCUT2D eigenvalue weighted by atomic mass is 10.1. The van der Waals surface area contributed by atoms with Gasteiger partial charge in [-0.2, -0.15) is 0 Å². The molecule has 1 N–H and O–H groups in total. The summed E-state index contributed by atoms with van der Waals surface area (Å²) >= 11 is 9.75. The van der Waals surface area contributed by atoms with E-state index in [4.69, 9.17) is 11.6 Å². The summed E-state index contributed by atoms with van der Waals surface area (Å²) in [6.07, 6.45) is 0. The summed E-state index contributed by atoms with van der Waals surface area (Å²) in [4.78, 5) is 26.0. The predicted molar refractivity (Wildman–Crippen MR) is 105 cm³/mol. The molecule has 2 aromatic carbocycles. The highest BCUT2D eigenvalue weighted by Crippen LogP contribution is 2.27. The predicted octanol–water partition coefficient (Wildman–Crippen LogP) is 5.03. The van der Waals surface area contributed by atoms with Crippen LogP contribution in [0.3, 0.4) is 0 Å². The fraction of sp³-hybridized carbons (Fsp3) is 0.263. The standard InChI is InChI=1S/C19H20BrClN2O2/c1-4-23(11-14-7-5-6-8-16(14)20)19(25)15-10-17(21)18(9-12(15)2)22-13(3)24/h5-10H,4,11H2,1-3H3,(H,22,24). The minimum atomic E-state index is -0.204. The number of amides is 2. The Labute approximate surface area is 161 Å². The van der Waals surface area contributed by atoms with Crippen LogP contribution < -0.4 is 5.32 Å². The van der Waals surface area contributed by atoms with Gasteiger partial charge in [-0.1, -0.05) is 45.7 Å². The fourth-order valence-electron chi connectivity index (χ4n) is 2.53. The molecule has 0 aromatic heterocycles. The van der Waals surface area contributed by atoms with Gasteiger partial charge in [-0.05, 0) is 43.2 Å². The minimum Gasteiger partial charge on any atom is -0.335 e. The maximum absolute atomic E-state index is 13.0. The van der Waals surface area contributed by atoms with E-state index in [0.29, 0.717) is 29.4 Å². The van der Waals surface area contributed by atoms with Crippen LogP contribution in [0.5, 0.6) is 0 Å². The van der Waals surface area contributed by atoms with Gasteiger partial charge in [0.25, 0.3) is 5.91 Å². The fourth-order valence-corrected chi connectivity index (χ4v) is 3.15. The van der Waals surface area contributed by atoms with E-state index in [-0.39, 0.29) is 11.8 Å². The first kappa shape index (κ1) is 19.5. The second-order valence-electron chi connectivity index (χ2n) is 5.74. The molecule has 0 aliphatic carbocycles. The van der Waals surface area contributed by atoms with Gasteiger partial charge in [0.1, 0.15) is 0 Å². The summed E-state index contributed by atoms with van der Waals surface area (Å²) in [6.45, 7) is 6.27.